The number of halogens is 2. The van der Waals surface area contributed by atoms with E-state index in [9.17, 15) is 4.39 Å². The van der Waals surface area contributed by atoms with Crippen molar-refractivity contribution in [3.05, 3.63) is 58.9 Å². The number of thioether (sulfide) groups is 1. The molecule has 1 nitrogen and oxygen atoms in total. The lowest BCUT2D eigenvalue weighted by Crippen LogP contribution is -1.91. The van der Waals surface area contributed by atoms with E-state index in [-0.39, 0.29) is 5.82 Å². The zero-order valence-corrected chi connectivity index (χ0v) is 10.6. The zero-order chi connectivity index (χ0) is 12.3. The van der Waals surface area contributed by atoms with Gasteiger partial charge in [-0.25, -0.2) is 4.39 Å². The van der Waals surface area contributed by atoms with Gasteiger partial charge in [0.05, 0.1) is 5.02 Å². The monoisotopic (exact) mass is 267 g/mol. The molecule has 2 rings (SSSR count). The molecule has 2 aromatic carbocycles. The van der Waals surface area contributed by atoms with Crippen molar-refractivity contribution in [2.24, 2.45) is 0 Å². The third-order valence-corrected chi connectivity index (χ3v) is 3.86. The van der Waals surface area contributed by atoms with Crippen molar-refractivity contribution < 1.29 is 4.39 Å². The molecule has 0 aromatic heterocycles. The molecular weight excluding hydrogens is 257 g/mol. The molecule has 0 radical (unpaired) electrons. The smallest absolute Gasteiger partial charge is 0.129 e. The molecule has 88 valence electrons. The summed E-state index contributed by atoms with van der Waals surface area (Å²) in [4.78, 5) is 0.949. The Morgan fingerprint density at radius 2 is 1.94 bits per heavy atom. The molecule has 0 saturated carbocycles. The first-order valence-corrected chi connectivity index (χ1v) is 6.44. The predicted molar refractivity (Wildman–Crippen MR) is 71.8 cm³/mol. The van der Waals surface area contributed by atoms with Crippen molar-refractivity contribution in [1.82, 2.24) is 0 Å². The minimum atomic E-state index is -0.274. The van der Waals surface area contributed by atoms with Gasteiger partial charge in [-0.3, -0.25) is 0 Å². The summed E-state index contributed by atoms with van der Waals surface area (Å²) in [5.41, 5.74) is 6.56. The SMILES string of the molecule is Nc1ccc(CSc2ccccc2Cl)c(F)c1. The lowest BCUT2D eigenvalue weighted by Gasteiger charge is -2.05. The maximum atomic E-state index is 13.5. The molecule has 17 heavy (non-hydrogen) atoms. The van der Waals surface area contributed by atoms with E-state index >= 15 is 0 Å². The molecule has 0 aliphatic rings. The van der Waals surface area contributed by atoms with Gasteiger partial charge in [-0.1, -0.05) is 29.8 Å². The van der Waals surface area contributed by atoms with Crippen molar-refractivity contribution >= 4 is 29.1 Å². The second-order valence-electron chi connectivity index (χ2n) is 3.57. The van der Waals surface area contributed by atoms with E-state index in [1.54, 1.807) is 12.1 Å². The van der Waals surface area contributed by atoms with Crippen molar-refractivity contribution in [2.45, 2.75) is 10.6 Å². The summed E-state index contributed by atoms with van der Waals surface area (Å²) in [6, 6.07) is 12.3. The number of rotatable bonds is 3. The highest BCUT2D eigenvalue weighted by atomic mass is 35.5. The maximum absolute atomic E-state index is 13.5. The van der Waals surface area contributed by atoms with E-state index in [1.807, 2.05) is 24.3 Å². The summed E-state index contributed by atoms with van der Waals surface area (Å²) in [5.74, 6) is 0.264. The molecule has 0 bridgehead atoms. The number of nitrogen functional groups attached to an aromatic ring is 1. The molecular formula is C13H11ClFNS. The van der Waals surface area contributed by atoms with E-state index in [0.29, 0.717) is 22.0 Å². The Bertz CT molecular complexity index is 531. The van der Waals surface area contributed by atoms with Crippen LogP contribution in [-0.2, 0) is 5.75 Å². The normalized spacial score (nSPS) is 10.5. The van der Waals surface area contributed by atoms with Crippen LogP contribution in [0.3, 0.4) is 0 Å². The van der Waals surface area contributed by atoms with Crippen molar-refractivity contribution in [3.8, 4) is 0 Å². The largest absolute Gasteiger partial charge is 0.399 e. The highest BCUT2D eigenvalue weighted by Gasteiger charge is 2.05. The van der Waals surface area contributed by atoms with Crippen molar-refractivity contribution in [2.75, 3.05) is 5.73 Å². The Hall–Kier alpha value is -1.19. The number of hydrogen-bond donors (Lipinski definition) is 1. The second-order valence-corrected chi connectivity index (χ2v) is 4.99. The number of anilines is 1. The van der Waals surface area contributed by atoms with Gasteiger partial charge in [-0.2, -0.15) is 0 Å². The molecule has 0 heterocycles. The minimum absolute atomic E-state index is 0.274. The number of hydrogen-bond acceptors (Lipinski definition) is 2. The molecule has 0 atom stereocenters. The quantitative estimate of drug-likeness (QED) is 0.661. The van der Waals surface area contributed by atoms with Crippen LogP contribution in [-0.4, -0.2) is 0 Å². The third-order valence-electron chi connectivity index (χ3n) is 2.30. The van der Waals surface area contributed by atoms with Gasteiger partial charge in [0.15, 0.2) is 0 Å². The Labute approximate surface area is 109 Å². The predicted octanol–water partition coefficient (Wildman–Crippen LogP) is 4.35. The van der Waals surface area contributed by atoms with E-state index in [0.717, 1.165) is 4.90 Å². The molecule has 0 saturated heterocycles. The average Bonchev–Trinajstić information content (AvgIpc) is 2.30. The highest BCUT2D eigenvalue weighted by Crippen LogP contribution is 2.30. The minimum Gasteiger partial charge on any atom is -0.399 e. The molecule has 0 spiro atoms. The topological polar surface area (TPSA) is 26.0 Å². The van der Waals surface area contributed by atoms with Gasteiger partial charge >= 0.3 is 0 Å². The molecule has 0 aliphatic heterocycles. The molecule has 0 unspecified atom stereocenters. The van der Waals surface area contributed by atoms with E-state index in [2.05, 4.69) is 0 Å². The van der Waals surface area contributed by atoms with Gasteiger partial charge in [-0.15, -0.1) is 11.8 Å². The Morgan fingerprint density at radius 1 is 1.18 bits per heavy atom. The Morgan fingerprint density at radius 3 is 2.65 bits per heavy atom. The first kappa shape index (κ1) is 12.3. The Kier molecular flexibility index (Phi) is 3.92. The summed E-state index contributed by atoms with van der Waals surface area (Å²) in [7, 11) is 0. The molecule has 2 aromatic rings. The van der Waals surface area contributed by atoms with E-state index in [1.165, 1.54) is 17.8 Å². The lowest BCUT2D eigenvalue weighted by atomic mass is 10.2. The van der Waals surface area contributed by atoms with Crippen LogP contribution in [0.15, 0.2) is 47.4 Å². The van der Waals surface area contributed by atoms with Crippen LogP contribution in [0.2, 0.25) is 5.02 Å². The summed E-state index contributed by atoms with van der Waals surface area (Å²) in [5, 5.41) is 0.688. The molecule has 0 aliphatic carbocycles. The number of nitrogens with two attached hydrogens (primary N) is 1. The molecule has 0 amide bonds. The van der Waals surface area contributed by atoms with Crippen LogP contribution in [0.25, 0.3) is 0 Å². The molecule has 0 fully saturated rings. The third kappa shape index (κ3) is 3.14. The fourth-order valence-electron chi connectivity index (χ4n) is 1.40. The van der Waals surface area contributed by atoms with Gasteiger partial charge in [0, 0.05) is 16.3 Å². The summed E-state index contributed by atoms with van der Waals surface area (Å²) < 4.78 is 13.5. The van der Waals surface area contributed by atoms with E-state index < -0.39 is 0 Å². The lowest BCUT2D eigenvalue weighted by molar-refractivity contribution is 0.618. The molecule has 2 N–H and O–H groups in total. The Balaban J connectivity index is 2.10. The summed E-state index contributed by atoms with van der Waals surface area (Å²) in [6.45, 7) is 0. The van der Waals surface area contributed by atoms with Crippen molar-refractivity contribution in [3.63, 3.8) is 0 Å². The maximum Gasteiger partial charge on any atom is 0.129 e. The van der Waals surface area contributed by atoms with Gasteiger partial charge in [0.2, 0.25) is 0 Å². The second kappa shape index (κ2) is 5.43. The summed E-state index contributed by atoms with van der Waals surface area (Å²) >= 11 is 7.53. The van der Waals surface area contributed by atoms with Crippen LogP contribution in [0.4, 0.5) is 10.1 Å². The van der Waals surface area contributed by atoms with Gasteiger partial charge in [0.1, 0.15) is 5.82 Å². The van der Waals surface area contributed by atoms with Gasteiger partial charge < -0.3 is 5.73 Å². The van der Waals surface area contributed by atoms with Crippen LogP contribution in [0.5, 0.6) is 0 Å². The van der Waals surface area contributed by atoms with Gasteiger partial charge in [-0.05, 0) is 29.8 Å². The first-order valence-electron chi connectivity index (χ1n) is 5.08. The summed E-state index contributed by atoms with van der Waals surface area (Å²) in [6.07, 6.45) is 0. The standard InChI is InChI=1S/C13H11ClFNS/c14-11-3-1-2-4-13(11)17-8-9-5-6-10(16)7-12(9)15/h1-7H,8,16H2. The van der Waals surface area contributed by atoms with Crippen LogP contribution in [0, 0.1) is 5.82 Å². The van der Waals surface area contributed by atoms with Crippen LogP contribution >= 0.6 is 23.4 Å². The van der Waals surface area contributed by atoms with Crippen LogP contribution in [0.1, 0.15) is 5.56 Å². The zero-order valence-electron chi connectivity index (χ0n) is 8.99. The van der Waals surface area contributed by atoms with Gasteiger partial charge in [0.25, 0.3) is 0 Å². The fraction of sp³-hybridized carbons (Fsp3) is 0.0769. The first-order chi connectivity index (χ1) is 8.16. The number of benzene rings is 2. The van der Waals surface area contributed by atoms with Crippen LogP contribution < -0.4 is 5.73 Å². The highest BCUT2D eigenvalue weighted by molar-refractivity contribution is 7.98. The fourth-order valence-corrected chi connectivity index (χ4v) is 2.62. The average molecular weight is 268 g/mol. The van der Waals surface area contributed by atoms with E-state index in [4.69, 9.17) is 17.3 Å². The van der Waals surface area contributed by atoms with Crippen molar-refractivity contribution in [1.29, 1.82) is 0 Å². The molecule has 4 heteroatoms.